The van der Waals surface area contributed by atoms with E-state index in [0.29, 0.717) is 0 Å². The van der Waals surface area contributed by atoms with Crippen LogP contribution in [0.15, 0.2) is 0 Å². The summed E-state index contributed by atoms with van der Waals surface area (Å²) in [6.07, 6.45) is 11.1. The molecule has 2 nitrogen and oxygen atoms in total. The molecule has 3 heteroatoms. The number of hydrogen-bond donors (Lipinski definition) is 1. The van der Waals surface area contributed by atoms with Gasteiger partial charge in [0.1, 0.15) is 0 Å². The zero-order valence-corrected chi connectivity index (χ0v) is 13.0. The normalized spacial score (nSPS) is 24.8. The van der Waals surface area contributed by atoms with Crippen LogP contribution in [-0.4, -0.2) is 24.1 Å². The third kappa shape index (κ3) is 6.11. The molecule has 0 aromatic rings. The standard InChI is InChI=1S/C15H28N2S/c1-15(2,12-16)9-4-5-10-17-13-7-6-8-14(11-13)18-3/h13-14,17H,4-11H2,1-3H3. The van der Waals surface area contributed by atoms with E-state index in [1.54, 1.807) is 0 Å². The van der Waals surface area contributed by atoms with Gasteiger partial charge in [0.15, 0.2) is 0 Å². The molecular formula is C15H28N2S. The second kappa shape index (κ2) is 8.07. The minimum Gasteiger partial charge on any atom is -0.314 e. The van der Waals surface area contributed by atoms with Gasteiger partial charge in [-0.05, 0) is 58.8 Å². The van der Waals surface area contributed by atoms with Crippen LogP contribution in [0.1, 0.15) is 58.8 Å². The Balaban J connectivity index is 2.06. The van der Waals surface area contributed by atoms with Gasteiger partial charge in [-0.3, -0.25) is 0 Å². The maximum atomic E-state index is 8.94. The number of thioether (sulfide) groups is 1. The summed E-state index contributed by atoms with van der Waals surface area (Å²) >= 11 is 2.02. The molecule has 0 heterocycles. The van der Waals surface area contributed by atoms with Crippen LogP contribution in [-0.2, 0) is 0 Å². The molecule has 0 spiro atoms. The third-order valence-electron chi connectivity index (χ3n) is 3.92. The van der Waals surface area contributed by atoms with E-state index in [4.69, 9.17) is 5.26 Å². The average Bonchev–Trinajstić information content (AvgIpc) is 2.38. The summed E-state index contributed by atoms with van der Waals surface area (Å²) in [6, 6.07) is 3.11. The van der Waals surface area contributed by atoms with Crippen LogP contribution in [0, 0.1) is 16.7 Å². The molecule has 0 aliphatic heterocycles. The Morgan fingerprint density at radius 1 is 1.33 bits per heavy atom. The van der Waals surface area contributed by atoms with Crippen molar-refractivity contribution in [1.82, 2.24) is 5.32 Å². The van der Waals surface area contributed by atoms with E-state index in [1.165, 1.54) is 32.1 Å². The Bertz CT molecular complexity index is 270. The van der Waals surface area contributed by atoms with Gasteiger partial charge in [0.05, 0.1) is 11.5 Å². The highest BCUT2D eigenvalue weighted by Gasteiger charge is 2.20. The first kappa shape index (κ1) is 15.9. The van der Waals surface area contributed by atoms with Crippen LogP contribution in [0.2, 0.25) is 0 Å². The lowest BCUT2D eigenvalue weighted by atomic mass is 9.89. The van der Waals surface area contributed by atoms with Crippen LogP contribution in [0.25, 0.3) is 0 Å². The second-order valence-electron chi connectivity index (χ2n) is 6.13. The van der Waals surface area contributed by atoms with Gasteiger partial charge in [0.2, 0.25) is 0 Å². The van der Waals surface area contributed by atoms with Gasteiger partial charge >= 0.3 is 0 Å². The Labute approximate surface area is 117 Å². The summed E-state index contributed by atoms with van der Waals surface area (Å²) < 4.78 is 0. The van der Waals surface area contributed by atoms with Gasteiger partial charge in [0.25, 0.3) is 0 Å². The number of unbranched alkanes of at least 4 members (excludes halogenated alkanes) is 1. The van der Waals surface area contributed by atoms with Crippen LogP contribution >= 0.6 is 11.8 Å². The molecule has 0 amide bonds. The van der Waals surface area contributed by atoms with Gasteiger partial charge in [-0.15, -0.1) is 0 Å². The molecule has 0 aromatic heterocycles. The number of hydrogen-bond acceptors (Lipinski definition) is 3. The summed E-state index contributed by atoms with van der Waals surface area (Å²) in [5.74, 6) is 0. The summed E-state index contributed by atoms with van der Waals surface area (Å²) in [4.78, 5) is 0. The van der Waals surface area contributed by atoms with E-state index in [9.17, 15) is 0 Å². The Morgan fingerprint density at radius 3 is 2.78 bits per heavy atom. The highest BCUT2D eigenvalue weighted by Crippen LogP contribution is 2.27. The number of rotatable bonds is 7. The van der Waals surface area contributed by atoms with Crippen LogP contribution in [0.3, 0.4) is 0 Å². The first-order valence-electron chi connectivity index (χ1n) is 7.25. The molecule has 2 unspecified atom stereocenters. The zero-order chi connectivity index (χ0) is 13.4. The predicted octanol–water partition coefficient (Wildman–Crippen LogP) is 3.97. The molecule has 1 N–H and O–H groups in total. The largest absolute Gasteiger partial charge is 0.314 e. The molecule has 1 aliphatic carbocycles. The molecule has 1 fully saturated rings. The monoisotopic (exact) mass is 268 g/mol. The highest BCUT2D eigenvalue weighted by molar-refractivity contribution is 7.99. The quantitative estimate of drug-likeness (QED) is 0.710. The molecule has 1 saturated carbocycles. The van der Waals surface area contributed by atoms with Crippen LogP contribution in [0.4, 0.5) is 0 Å². The first-order valence-corrected chi connectivity index (χ1v) is 8.53. The molecule has 0 bridgehead atoms. The summed E-state index contributed by atoms with van der Waals surface area (Å²) in [5.41, 5.74) is -0.144. The lowest BCUT2D eigenvalue weighted by Crippen LogP contribution is -2.35. The summed E-state index contributed by atoms with van der Waals surface area (Å²) in [6.45, 7) is 5.18. The van der Waals surface area contributed by atoms with Gasteiger partial charge in [-0.1, -0.05) is 12.8 Å². The van der Waals surface area contributed by atoms with Crippen molar-refractivity contribution in [2.75, 3.05) is 12.8 Å². The van der Waals surface area contributed by atoms with Crippen molar-refractivity contribution >= 4 is 11.8 Å². The van der Waals surface area contributed by atoms with E-state index >= 15 is 0 Å². The molecule has 2 atom stereocenters. The maximum Gasteiger partial charge on any atom is 0.0683 e. The van der Waals surface area contributed by atoms with Crippen LogP contribution < -0.4 is 5.32 Å². The maximum absolute atomic E-state index is 8.94. The molecule has 0 saturated heterocycles. The van der Waals surface area contributed by atoms with E-state index in [1.807, 2.05) is 25.6 Å². The van der Waals surface area contributed by atoms with Crippen molar-refractivity contribution < 1.29 is 0 Å². The number of nitrogens with one attached hydrogen (secondary N) is 1. The van der Waals surface area contributed by atoms with Gasteiger partial charge in [-0.25, -0.2) is 0 Å². The Morgan fingerprint density at radius 2 is 2.11 bits per heavy atom. The molecular weight excluding hydrogens is 240 g/mol. The average molecular weight is 268 g/mol. The summed E-state index contributed by atoms with van der Waals surface area (Å²) in [5, 5.41) is 13.5. The Kier molecular flexibility index (Phi) is 7.11. The topological polar surface area (TPSA) is 35.8 Å². The van der Waals surface area contributed by atoms with Crippen molar-refractivity contribution in [2.24, 2.45) is 5.41 Å². The van der Waals surface area contributed by atoms with Gasteiger partial charge < -0.3 is 5.32 Å². The third-order valence-corrected chi connectivity index (χ3v) is 5.02. The SMILES string of the molecule is CSC1CCCC(NCCCCC(C)(C)C#N)C1. The van der Waals surface area contributed by atoms with E-state index in [2.05, 4.69) is 17.6 Å². The fourth-order valence-corrected chi connectivity index (χ4v) is 3.43. The van der Waals surface area contributed by atoms with Crippen molar-refractivity contribution in [3.8, 4) is 6.07 Å². The molecule has 104 valence electrons. The molecule has 1 aliphatic rings. The van der Waals surface area contributed by atoms with Crippen LogP contribution in [0.5, 0.6) is 0 Å². The lowest BCUT2D eigenvalue weighted by Gasteiger charge is -2.28. The van der Waals surface area contributed by atoms with Gasteiger partial charge in [0, 0.05) is 11.3 Å². The van der Waals surface area contributed by atoms with Crippen molar-refractivity contribution in [3.05, 3.63) is 0 Å². The minimum absolute atomic E-state index is 0.144. The smallest absolute Gasteiger partial charge is 0.0683 e. The van der Waals surface area contributed by atoms with E-state index in [0.717, 1.165) is 30.7 Å². The van der Waals surface area contributed by atoms with Crippen molar-refractivity contribution in [2.45, 2.75) is 70.1 Å². The first-order chi connectivity index (χ1) is 8.57. The summed E-state index contributed by atoms with van der Waals surface area (Å²) in [7, 11) is 0. The lowest BCUT2D eigenvalue weighted by molar-refractivity contribution is 0.367. The minimum atomic E-state index is -0.144. The fourth-order valence-electron chi connectivity index (χ4n) is 2.60. The molecule has 18 heavy (non-hydrogen) atoms. The van der Waals surface area contributed by atoms with E-state index < -0.39 is 0 Å². The predicted molar refractivity (Wildman–Crippen MR) is 80.8 cm³/mol. The van der Waals surface area contributed by atoms with Crippen molar-refractivity contribution in [1.29, 1.82) is 5.26 Å². The van der Waals surface area contributed by atoms with Crippen molar-refractivity contribution in [3.63, 3.8) is 0 Å². The Hall–Kier alpha value is -0.200. The molecule has 0 aromatic carbocycles. The number of nitrogens with zero attached hydrogens (tertiary/aromatic N) is 1. The molecule has 1 rings (SSSR count). The second-order valence-corrected chi connectivity index (χ2v) is 7.27. The van der Waals surface area contributed by atoms with Gasteiger partial charge in [-0.2, -0.15) is 17.0 Å². The highest BCUT2D eigenvalue weighted by atomic mass is 32.2. The van der Waals surface area contributed by atoms with E-state index in [-0.39, 0.29) is 5.41 Å². The fraction of sp³-hybridized carbons (Fsp3) is 0.933. The zero-order valence-electron chi connectivity index (χ0n) is 12.2. The number of nitriles is 1. The molecule has 0 radical (unpaired) electrons.